The summed E-state index contributed by atoms with van der Waals surface area (Å²) >= 11 is 3.76. The molecular weight excluding hydrogens is 909 g/mol. The predicted octanol–water partition coefficient (Wildman–Crippen LogP) is 20.9. The molecule has 14 rings (SSSR count). The number of thiophene rings is 2. The van der Waals surface area contributed by atoms with Crippen LogP contribution in [0.25, 0.3) is 94.9 Å². The maximum Gasteiger partial charge on any atom is 0.0640 e. The van der Waals surface area contributed by atoms with E-state index >= 15 is 0 Å². The van der Waals surface area contributed by atoms with Crippen LogP contribution in [0, 0.1) is 0 Å². The molecule has 0 radical (unpaired) electrons. The summed E-state index contributed by atoms with van der Waals surface area (Å²) in [6.07, 6.45) is 0. The van der Waals surface area contributed by atoms with E-state index < -0.39 is 0 Å². The molecule has 0 aliphatic carbocycles. The molecule has 0 unspecified atom stereocenters. The number of rotatable bonds is 8. The molecular formula is C68H48N2S2. The van der Waals surface area contributed by atoms with Crippen molar-refractivity contribution in [3.63, 3.8) is 0 Å². The summed E-state index contributed by atoms with van der Waals surface area (Å²) in [5.74, 6) is 0. The van der Waals surface area contributed by atoms with E-state index in [4.69, 9.17) is 0 Å². The van der Waals surface area contributed by atoms with Gasteiger partial charge in [0.2, 0.25) is 0 Å². The molecule has 72 heavy (non-hydrogen) atoms. The Hall–Kier alpha value is -8.28. The van der Waals surface area contributed by atoms with Crippen molar-refractivity contribution in [2.45, 2.75) is 26.2 Å². The molecule has 0 atom stereocenters. The minimum absolute atomic E-state index is 0.0158. The van der Waals surface area contributed by atoms with Crippen LogP contribution in [-0.4, -0.2) is 0 Å². The molecule has 0 aliphatic rings. The van der Waals surface area contributed by atoms with Gasteiger partial charge in [-0.05, 0) is 104 Å². The van der Waals surface area contributed by atoms with Gasteiger partial charge < -0.3 is 9.80 Å². The zero-order chi connectivity index (χ0) is 48.1. The molecule has 0 saturated carbocycles. The summed E-state index contributed by atoms with van der Waals surface area (Å²) in [4.78, 5) is 5.11. The summed E-state index contributed by atoms with van der Waals surface area (Å²) in [5, 5.41) is 12.6. The molecule has 0 fully saturated rings. The highest BCUT2D eigenvalue weighted by atomic mass is 32.1. The number of benzene rings is 12. The van der Waals surface area contributed by atoms with E-state index in [0.29, 0.717) is 0 Å². The SMILES string of the molecule is CC(C)(C)c1cc2ccc3c(N(c4ccc(-c5ccccc5)cc4)c4cccc5c4sc4ccccc45)cc(N(c4ccc(-c5ccccc5)cc4)c4cccc5c4sc4ccccc45)c4ccc(c1)c2c34. The first kappa shape index (κ1) is 42.6. The maximum atomic E-state index is 2.55. The van der Waals surface area contributed by atoms with Gasteiger partial charge in [0.1, 0.15) is 0 Å². The Labute approximate surface area is 427 Å². The monoisotopic (exact) mass is 956 g/mol. The molecule has 2 nitrogen and oxygen atoms in total. The van der Waals surface area contributed by atoms with Gasteiger partial charge in [0.25, 0.3) is 0 Å². The van der Waals surface area contributed by atoms with Crippen LogP contribution < -0.4 is 9.80 Å². The first-order chi connectivity index (χ1) is 35.3. The summed E-state index contributed by atoms with van der Waals surface area (Å²) < 4.78 is 5.09. The molecule has 2 aromatic heterocycles. The normalized spacial score (nSPS) is 12.1. The Balaban J connectivity index is 1.11. The molecule has 342 valence electrons. The van der Waals surface area contributed by atoms with Gasteiger partial charge in [-0.2, -0.15) is 0 Å². The van der Waals surface area contributed by atoms with Gasteiger partial charge in [0.05, 0.1) is 32.1 Å². The zero-order valence-electron chi connectivity index (χ0n) is 40.2. The fraction of sp³-hybridized carbons (Fsp3) is 0.0588. The molecule has 0 aliphatic heterocycles. The van der Waals surface area contributed by atoms with E-state index in [1.807, 2.05) is 22.7 Å². The third-order valence-corrected chi connectivity index (χ3v) is 17.2. The maximum absolute atomic E-state index is 2.55. The smallest absolute Gasteiger partial charge is 0.0640 e. The lowest BCUT2D eigenvalue weighted by Crippen LogP contribution is -2.15. The van der Waals surface area contributed by atoms with Crippen molar-refractivity contribution in [3.8, 4) is 22.3 Å². The number of hydrogen-bond acceptors (Lipinski definition) is 4. The van der Waals surface area contributed by atoms with E-state index in [1.165, 1.54) is 100 Å². The molecule has 4 heteroatoms. The van der Waals surface area contributed by atoms with Crippen molar-refractivity contribution in [1.29, 1.82) is 0 Å². The fourth-order valence-corrected chi connectivity index (χ4v) is 13.6. The van der Waals surface area contributed by atoms with Crippen molar-refractivity contribution in [2.24, 2.45) is 0 Å². The van der Waals surface area contributed by atoms with E-state index in [0.717, 1.165) is 34.1 Å². The number of nitrogens with zero attached hydrogens (tertiary/aromatic N) is 2. The Kier molecular flexibility index (Phi) is 9.86. The van der Waals surface area contributed by atoms with E-state index in [9.17, 15) is 0 Å². The lowest BCUT2D eigenvalue weighted by molar-refractivity contribution is 0.591. The van der Waals surface area contributed by atoms with Crippen molar-refractivity contribution in [3.05, 3.63) is 242 Å². The summed E-state index contributed by atoms with van der Waals surface area (Å²) in [6, 6.07) is 88.2. The lowest BCUT2D eigenvalue weighted by atomic mass is 9.83. The highest BCUT2D eigenvalue weighted by molar-refractivity contribution is 7.26. The van der Waals surface area contributed by atoms with Gasteiger partial charge in [-0.1, -0.05) is 203 Å². The van der Waals surface area contributed by atoms with Crippen molar-refractivity contribution in [1.82, 2.24) is 0 Å². The lowest BCUT2D eigenvalue weighted by Gasteiger charge is -2.33. The molecule has 0 amide bonds. The first-order valence-electron chi connectivity index (χ1n) is 24.8. The van der Waals surface area contributed by atoms with Crippen LogP contribution in [0.3, 0.4) is 0 Å². The van der Waals surface area contributed by atoms with Crippen LogP contribution >= 0.6 is 22.7 Å². The minimum Gasteiger partial charge on any atom is -0.308 e. The Bertz CT molecular complexity index is 4080. The van der Waals surface area contributed by atoms with Crippen LogP contribution in [0.15, 0.2) is 237 Å². The summed E-state index contributed by atoms with van der Waals surface area (Å²) in [7, 11) is 0. The molecule has 14 aromatic rings. The third kappa shape index (κ3) is 6.89. The Morgan fingerprint density at radius 2 is 0.708 bits per heavy atom. The van der Waals surface area contributed by atoms with Gasteiger partial charge in [-0.3, -0.25) is 0 Å². The molecule has 2 heterocycles. The molecule has 12 aromatic carbocycles. The van der Waals surface area contributed by atoms with Crippen LogP contribution in [0.1, 0.15) is 26.3 Å². The number of hydrogen-bond donors (Lipinski definition) is 0. The Morgan fingerprint density at radius 1 is 0.306 bits per heavy atom. The average Bonchev–Trinajstić information content (AvgIpc) is 4.01. The van der Waals surface area contributed by atoms with Crippen LogP contribution in [-0.2, 0) is 5.41 Å². The van der Waals surface area contributed by atoms with Gasteiger partial charge in [-0.15, -0.1) is 22.7 Å². The molecule has 0 bridgehead atoms. The van der Waals surface area contributed by atoms with Crippen LogP contribution in [0.2, 0.25) is 0 Å². The second-order valence-electron chi connectivity index (χ2n) is 20.1. The fourth-order valence-electron chi connectivity index (χ4n) is 11.2. The van der Waals surface area contributed by atoms with Gasteiger partial charge in [0.15, 0.2) is 0 Å². The third-order valence-electron chi connectivity index (χ3n) is 14.7. The highest BCUT2D eigenvalue weighted by Gasteiger charge is 2.28. The number of fused-ring (bicyclic) bond motifs is 6. The second-order valence-corrected chi connectivity index (χ2v) is 22.2. The van der Waals surface area contributed by atoms with E-state index in [2.05, 4.69) is 267 Å². The minimum atomic E-state index is -0.0158. The quantitative estimate of drug-likeness (QED) is 0.140. The molecule has 0 saturated heterocycles. The average molecular weight is 957 g/mol. The van der Waals surface area contributed by atoms with Crippen LogP contribution in [0.5, 0.6) is 0 Å². The van der Waals surface area contributed by atoms with E-state index in [1.54, 1.807) is 0 Å². The van der Waals surface area contributed by atoms with E-state index in [-0.39, 0.29) is 5.41 Å². The van der Waals surface area contributed by atoms with Gasteiger partial charge >= 0.3 is 0 Å². The first-order valence-corrected chi connectivity index (χ1v) is 26.5. The van der Waals surface area contributed by atoms with Gasteiger partial charge in [-0.25, -0.2) is 0 Å². The van der Waals surface area contributed by atoms with Gasteiger partial charge in [0, 0.05) is 58.5 Å². The zero-order valence-corrected chi connectivity index (χ0v) is 41.9. The number of anilines is 6. The van der Waals surface area contributed by atoms with Crippen molar-refractivity contribution in [2.75, 3.05) is 9.80 Å². The second kappa shape index (κ2) is 16.7. The highest BCUT2D eigenvalue weighted by Crippen LogP contribution is 2.54. The predicted molar refractivity (Wildman–Crippen MR) is 315 cm³/mol. The molecule has 0 N–H and O–H groups in total. The Morgan fingerprint density at radius 3 is 1.15 bits per heavy atom. The van der Waals surface area contributed by atoms with Crippen molar-refractivity contribution < 1.29 is 0 Å². The van der Waals surface area contributed by atoms with Crippen molar-refractivity contribution >= 4 is 129 Å². The summed E-state index contributed by atoms with van der Waals surface area (Å²) in [5.41, 5.74) is 12.8. The standard InChI is InChI=1S/C68H48N2S2/c1-68(2,3)49-40-47-32-38-56-60(69(50-34-28-45(29-35-50)43-16-6-4-7-17-43)58-24-14-22-54-52-20-10-12-26-62(52)71-66(54)58)42-61(57-39-33-48(41-49)64(47)65(56)57)70(51-36-30-46(31-37-51)44-18-8-5-9-19-44)59-25-15-23-55-53-21-11-13-27-63(53)72-67(55)59/h4-42H,1-3H3. The molecule has 0 spiro atoms. The topological polar surface area (TPSA) is 6.48 Å². The van der Waals surface area contributed by atoms with Crippen LogP contribution in [0.4, 0.5) is 34.1 Å². The largest absolute Gasteiger partial charge is 0.308 e. The summed E-state index contributed by atoms with van der Waals surface area (Å²) in [6.45, 7) is 6.96.